The summed E-state index contributed by atoms with van der Waals surface area (Å²) in [6.07, 6.45) is -6.02. The number of carbonyl (C=O) groups excluding carboxylic acids is 1. The largest absolute Gasteiger partial charge is 0.465 e. The molecule has 2 aromatic rings. The van der Waals surface area contributed by atoms with Gasteiger partial charge in [0.15, 0.2) is 9.84 Å². The van der Waals surface area contributed by atoms with Crippen LogP contribution in [0.3, 0.4) is 0 Å². The Morgan fingerprint density at radius 2 is 1.85 bits per heavy atom. The molecule has 1 aliphatic rings. The van der Waals surface area contributed by atoms with Crippen LogP contribution in [-0.2, 0) is 29.1 Å². The van der Waals surface area contributed by atoms with Gasteiger partial charge in [0, 0.05) is 39.3 Å². The summed E-state index contributed by atoms with van der Waals surface area (Å²) in [5, 5.41) is 20.2. The fraction of sp³-hybridized carbons (Fsp3) is 0.375. The van der Waals surface area contributed by atoms with Crippen LogP contribution in [0, 0.1) is 11.3 Å². The number of carbonyl (C=O) groups is 2. The number of nitrogens with two attached hydrogens (primary N) is 1. The van der Waals surface area contributed by atoms with E-state index in [2.05, 4.69) is 5.32 Å². The number of hydrogen-bond donors (Lipinski definition) is 3. The third kappa shape index (κ3) is 6.73. The van der Waals surface area contributed by atoms with Gasteiger partial charge in [-0.2, -0.15) is 18.4 Å². The molecule has 2 aromatic carbocycles. The predicted molar refractivity (Wildman–Crippen MR) is 136 cm³/mol. The van der Waals surface area contributed by atoms with Gasteiger partial charge in [0.2, 0.25) is 0 Å². The van der Waals surface area contributed by atoms with Gasteiger partial charge in [0.1, 0.15) is 0 Å². The Balaban J connectivity index is 1.91. The zero-order chi connectivity index (χ0) is 29.1. The molecule has 0 aromatic heterocycles. The van der Waals surface area contributed by atoms with Crippen molar-refractivity contribution in [3.8, 4) is 6.07 Å². The lowest BCUT2D eigenvalue weighted by molar-refractivity contribution is -0.138. The van der Waals surface area contributed by atoms with Crippen molar-refractivity contribution in [2.24, 2.45) is 0 Å². The second-order valence-corrected chi connectivity index (χ2v) is 11.4. The standard InChI is InChI=1S/C24H25ClF3N5O5S/c1-2-39(37,38)19-4-3-14(11-29)9-15(19)12-31-22(34)16-10-18(24(26,27)28)17(20(25)21(16)30)13-32-5-7-33(8-6-32)23(35)36/h3-4,9-10H,2,5-8,12-13,30H2,1H3,(H,31,34)(H,35,36). The van der Waals surface area contributed by atoms with E-state index in [-0.39, 0.29) is 60.1 Å². The quantitative estimate of drug-likeness (QED) is 0.416. The molecular formula is C24H25ClF3N5O5S. The van der Waals surface area contributed by atoms with E-state index >= 15 is 0 Å². The normalized spacial score (nSPS) is 14.6. The zero-order valence-corrected chi connectivity index (χ0v) is 22.3. The zero-order valence-electron chi connectivity index (χ0n) is 20.7. The van der Waals surface area contributed by atoms with Crippen LogP contribution in [0.15, 0.2) is 29.2 Å². The average molecular weight is 588 g/mol. The van der Waals surface area contributed by atoms with Crippen molar-refractivity contribution in [2.75, 3.05) is 37.7 Å². The van der Waals surface area contributed by atoms with Gasteiger partial charge in [0.05, 0.1) is 44.1 Å². The molecule has 0 saturated carbocycles. The molecule has 1 saturated heterocycles. The first-order valence-corrected chi connectivity index (χ1v) is 13.6. The highest BCUT2D eigenvalue weighted by Crippen LogP contribution is 2.40. The van der Waals surface area contributed by atoms with Crippen molar-refractivity contribution in [3.63, 3.8) is 0 Å². The molecule has 0 atom stereocenters. The van der Waals surface area contributed by atoms with Gasteiger partial charge in [-0.25, -0.2) is 13.2 Å². The number of rotatable bonds is 7. The summed E-state index contributed by atoms with van der Waals surface area (Å²) in [6.45, 7) is 1.30. The first-order chi connectivity index (χ1) is 18.2. The molecule has 0 spiro atoms. The fourth-order valence-corrected chi connectivity index (χ4v) is 5.52. The molecule has 0 radical (unpaired) electrons. The number of nitrogens with zero attached hydrogens (tertiary/aromatic N) is 3. The van der Waals surface area contributed by atoms with Gasteiger partial charge in [-0.3, -0.25) is 9.69 Å². The minimum Gasteiger partial charge on any atom is -0.465 e. The average Bonchev–Trinajstić information content (AvgIpc) is 2.89. The molecule has 3 rings (SSSR count). The van der Waals surface area contributed by atoms with Crippen LogP contribution in [0.4, 0.5) is 23.7 Å². The number of nitrogens with one attached hydrogen (secondary N) is 1. The van der Waals surface area contributed by atoms with Gasteiger partial charge >= 0.3 is 12.3 Å². The smallest absolute Gasteiger partial charge is 0.416 e. The number of carboxylic acid groups (broad SMARTS) is 1. The Labute approximate surface area is 227 Å². The third-order valence-corrected chi connectivity index (χ3v) is 8.58. The SMILES string of the molecule is CCS(=O)(=O)c1ccc(C#N)cc1CNC(=O)c1cc(C(F)(F)F)c(CN2CCN(C(=O)O)CC2)c(Cl)c1N. The highest BCUT2D eigenvalue weighted by Gasteiger charge is 2.37. The third-order valence-electron chi connectivity index (χ3n) is 6.32. The number of hydrogen-bond acceptors (Lipinski definition) is 7. The van der Waals surface area contributed by atoms with Crippen LogP contribution in [0.25, 0.3) is 0 Å². The highest BCUT2D eigenvalue weighted by molar-refractivity contribution is 7.91. The topological polar surface area (TPSA) is 157 Å². The molecule has 2 amide bonds. The lowest BCUT2D eigenvalue weighted by Crippen LogP contribution is -2.48. The lowest BCUT2D eigenvalue weighted by atomic mass is 9.99. The Kier molecular flexibility index (Phi) is 8.99. The molecule has 15 heteroatoms. The van der Waals surface area contributed by atoms with E-state index in [9.17, 15) is 31.2 Å². The fourth-order valence-electron chi connectivity index (χ4n) is 4.14. The van der Waals surface area contributed by atoms with E-state index in [0.717, 1.165) is 4.90 Å². The number of amides is 2. The van der Waals surface area contributed by atoms with Crippen LogP contribution in [0.5, 0.6) is 0 Å². The van der Waals surface area contributed by atoms with E-state index < -0.39 is 56.4 Å². The summed E-state index contributed by atoms with van der Waals surface area (Å²) in [5.74, 6) is -1.27. The number of sulfone groups is 1. The number of benzene rings is 2. The van der Waals surface area contributed by atoms with Crippen molar-refractivity contribution in [2.45, 2.75) is 31.1 Å². The maximum Gasteiger partial charge on any atom is 0.416 e. The van der Waals surface area contributed by atoms with Gasteiger partial charge in [0.25, 0.3) is 5.91 Å². The summed E-state index contributed by atoms with van der Waals surface area (Å²) in [4.78, 5) is 26.7. The van der Waals surface area contributed by atoms with Crippen molar-refractivity contribution in [3.05, 3.63) is 57.1 Å². The van der Waals surface area contributed by atoms with Crippen molar-refractivity contribution in [1.29, 1.82) is 5.26 Å². The molecule has 10 nitrogen and oxygen atoms in total. The summed E-state index contributed by atoms with van der Waals surface area (Å²) in [6, 6.07) is 6.27. The maximum absolute atomic E-state index is 14.0. The molecule has 0 bridgehead atoms. The molecule has 0 unspecified atom stereocenters. The van der Waals surface area contributed by atoms with Gasteiger partial charge < -0.3 is 21.1 Å². The number of alkyl halides is 3. The highest BCUT2D eigenvalue weighted by atomic mass is 35.5. The molecule has 1 aliphatic heterocycles. The van der Waals surface area contributed by atoms with Gasteiger partial charge in [-0.15, -0.1) is 0 Å². The number of nitrogen functional groups attached to an aromatic ring is 1. The van der Waals surface area contributed by atoms with Crippen LogP contribution in [-0.4, -0.2) is 67.3 Å². The van der Waals surface area contributed by atoms with Crippen LogP contribution in [0.2, 0.25) is 5.02 Å². The van der Waals surface area contributed by atoms with Crippen LogP contribution >= 0.6 is 11.6 Å². The monoisotopic (exact) mass is 587 g/mol. The number of halogens is 4. The Morgan fingerprint density at radius 3 is 2.38 bits per heavy atom. The second-order valence-electron chi connectivity index (χ2n) is 8.74. The number of anilines is 1. The first-order valence-electron chi connectivity index (χ1n) is 11.6. The van der Waals surface area contributed by atoms with E-state index in [1.54, 1.807) is 4.90 Å². The Hall–Kier alpha value is -3.54. The summed E-state index contributed by atoms with van der Waals surface area (Å²) in [5.41, 5.74) is 3.74. The molecule has 210 valence electrons. The molecule has 39 heavy (non-hydrogen) atoms. The first kappa shape index (κ1) is 30.0. The van der Waals surface area contributed by atoms with Crippen LogP contribution < -0.4 is 11.1 Å². The molecule has 0 aliphatic carbocycles. The minimum atomic E-state index is -4.89. The number of piperazine rings is 1. The van der Waals surface area contributed by atoms with E-state index in [1.165, 1.54) is 25.1 Å². The summed E-state index contributed by atoms with van der Waals surface area (Å²) in [7, 11) is -3.73. The lowest BCUT2D eigenvalue weighted by Gasteiger charge is -2.34. The number of nitriles is 1. The Morgan fingerprint density at radius 1 is 1.21 bits per heavy atom. The van der Waals surface area contributed by atoms with Crippen molar-refractivity contribution < 1.29 is 36.3 Å². The van der Waals surface area contributed by atoms with E-state index in [0.29, 0.717) is 6.07 Å². The van der Waals surface area contributed by atoms with Gasteiger partial charge in [-0.05, 0) is 35.4 Å². The molecule has 1 fully saturated rings. The molecule has 1 heterocycles. The van der Waals surface area contributed by atoms with Crippen LogP contribution in [0.1, 0.15) is 39.5 Å². The molecular weight excluding hydrogens is 563 g/mol. The van der Waals surface area contributed by atoms with Crippen molar-refractivity contribution >= 4 is 39.1 Å². The maximum atomic E-state index is 14.0. The summed E-state index contributed by atoms with van der Waals surface area (Å²) < 4.78 is 67.0. The minimum absolute atomic E-state index is 0.0853. The van der Waals surface area contributed by atoms with E-state index in [4.69, 9.17) is 27.7 Å². The van der Waals surface area contributed by atoms with Gasteiger partial charge in [-0.1, -0.05) is 18.5 Å². The second kappa shape index (κ2) is 11.7. The Bertz CT molecular complexity index is 1440. The van der Waals surface area contributed by atoms with Crippen molar-refractivity contribution in [1.82, 2.24) is 15.1 Å². The molecule has 4 N–H and O–H groups in total. The summed E-state index contributed by atoms with van der Waals surface area (Å²) >= 11 is 6.26. The predicted octanol–water partition coefficient (Wildman–Crippen LogP) is 3.33. The van der Waals surface area contributed by atoms with E-state index in [1.807, 2.05) is 6.07 Å².